The zero-order valence-corrected chi connectivity index (χ0v) is 13.4. The number of likely N-dealkylation sites (tertiary alicyclic amines) is 1. The molecular formula is C17H19FN4O2. The fourth-order valence-corrected chi connectivity index (χ4v) is 2.78. The van der Waals surface area contributed by atoms with Crippen LogP contribution in [-0.2, 0) is 0 Å². The molecule has 2 heterocycles. The number of aromatic nitrogens is 2. The lowest BCUT2D eigenvalue weighted by atomic mass is 10.0. The second kappa shape index (κ2) is 7.25. The smallest absolute Gasteiger partial charge is 0.256 e. The van der Waals surface area contributed by atoms with Gasteiger partial charge in [-0.15, -0.1) is 5.10 Å². The predicted octanol–water partition coefficient (Wildman–Crippen LogP) is 2.34. The second-order valence-electron chi connectivity index (χ2n) is 5.67. The van der Waals surface area contributed by atoms with Gasteiger partial charge in [0.2, 0.25) is 0 Å². The van der Waals surface area contributed by atoms with Crippen LogP contribution in [0.3, 0.4) is 0 Å². The van der Waals surface area contributed by atoms with Gasteiger partial charge in [-0.25, -0.2) is 4.39 Å². The first-order valence-electron chi connectivity index (χ1n) is 7.84. The van der Waals surface area contributed by atoms with Crippen LogP contribution < -0.4 is 10.1 Å². The molecule has 2 aromatic rings. The summed E-state index contributed by atoms with van der Waals surface area (Å²) < 4.78 is 19.0. The SMILES string of the molecule is COc1ccc(C(=O)N2CCC(Nc3cccnn3)CC2)c(F)c1. The highest BCUT2D eigenvalue weighted by atomic mass is 19.1. The molecule has 3 rings (SSSR count). The third-order valence-corrected chi connectivity index (χ3v) is 4.11. The fourth-order valence-electron chi connectivity index (χ4n) is 2.78. The lowest BCUT2D eigenvalue weighted by Crippen LogP contribution is -2.42. The van der Waals surface area contributed by atoms with E-state index < -0.39 is 5.82 Å². The van der Waals surface area contributed by atoms with Gasteiger partial charge in [-0.3, -0.25) is 4.79 Å². The largest absolute Gasteiger partial charge is 0.497 e. The number of carbonyl (C=O) groups is 1. The van der Waals surface area contributed by atoms with Gasteiger partial charge in [-0.1, -0.05) is 0 Å². The van der Waals surface area contributed by atoms with Crippen molar-refractivity contribution in [3.63, 3.8) is 0 Å². The first kappa shape index (κ1) is 16.2. The topological polar surface area (TPSA) is 67.3 Å². The first-order valence-corrected chi connectivity index (χ1v) is 7.84. The molecule has 1 aromatic carbocycles. The van der Waals surface area contributed by atoms with E-state index in [4.69, 9.17) is 4.74 Å². The fraction of sp³-hybridized carbons (Fsp3) is 0.353. The molecule has 0 bridgehead atoms. The van der Waals surface area contributed by atoms with Crippen LogP contribution in [0.4, 0.5) is 10.2 Å². The zero-order chi connectivity index (χ0) is 16.9. The number of ether oxygens (including phenoxy) is 1. The summed E-state index contributed by atoms with van der Waals surface area (Å²) in [6.45, 7) is 1.14. The quantitative estimate of drug-likeness (QED) is 0.932. The van der Waals surface area contributed by atoms with Crippen molar-refractivity contribution in [3.05, 3.63) is 47.9 Å². The van der Waals surface area contributed by atoms with E-state index in [-0.39, 0.29) is 17.5 Å². The first-order chi connectivity index (χ1) is 11.7. The average Bonchev–Trinajstić information content (AvgIpc) is 2.62. The molecule has 7 heteroatoms. The van der Waals surface area contributed by atoms with E-state index in [0.29, 0.717) is 18.8 Å². The molecule has 0 unspecified atom stereocenters. The number of anilines is 1. The van der Waals surface area contributed by atoms with Crippen molar-refractivity contribution in [2.24, 2.45) is 0 Å². The van der Waals surface area contributed by atoms with Crippen molar-refractivity contribution in [1.82, 2.24) is 15.1 Å². The van der Waals surface area contributed by atoms with Crippen LogP contribution in [0.25, 0.3) is 0 Å². The predicted molar refractivity (Wildman–Crippen MR) is 87.5 cm³/mol. The van der Waals surface area contributed by atoms with Crippen molar-refractivity contribution < 1.29 is 13.9 Å². The third-order valence-electron chi connectivity index (χ3n) is 4.11. The third kappa shape index (κ3) is 3.61. The molecule has 126 valence electrons. The number of benzene rings is 1. The lowest BCUT2D eigenvalue weighted by Gasteiger charge is -2.32. The Kier molecular flexibility index (Phi) is 4.88. The molecule has 1 aliphatic heterocycles. The van der Waals surface area contributed by atoms with Gasteiger partial charge in [0.1, 0.15) is 17.4 Å². The highest BCUT2D eigenvalue weighted by molar-refractivity contribution is 5.94. The molecule has 1 aromatic heterocycles. The maximum Gasteiger partial charge on any atom is 0.256 e. The molecule has 1 N–H and O–H groups in total. The Balaban J connectivity index is 1.59. The van der Waals surface area contributed by atoms with E-state index in [1.807, 2.05) is 12.1 Å². The highest BCUT2D eigenvalue weighted by Gasteiger charge is 2.25. The highest BCUT2D eigenvalue weighted by Crippen LogP contribution is 2.21. The molecule has 24 heavy (non-hydrogen) atoms. The number of hydrogen-bond donors (Lipinski definition) is 1. The molecule has 1 amide bonds. The minimum Gasteiger partial charge on any atom is -0.497 e. The van der Waals surface area contributed by atoms with Crippen LogP contribution in [0.15, 0.2) is 36.5 Å². The molecule has 0 saturated carbocycles. The molecule has 1 aliphatic rings. The summed E-state index contributed by atoms with van der Waals surface area (Å²) in [4.78, 5) is 14.2. The standard InChI is InChI=1S/C17H19FN4O2/c1-24-13-4-5-14(15(18)11-13)17(23)22-9-6-12(7-10-22)20-16-3-2-8-19-21-16/h2-5,8,11-12H,6-7,9-10H2,1H3,(H,20,21). The number of carbonyl (C=O) groups excluding carboxylic acids is 1. The number of nitrogens with zero attached hydrogens (tertiary/aromatic N) is 3. The van der Waals surface area contributed by atoms with Gasteiger partial charge in [-0.05, 0) is 37.1 Å². The van der Waals surface area contributed by atoms with Crippen molar-refractivity contribution in [2.75, 3.05) is 25.5 Å². The number of hydrogen-bond acceptors (Lipinski definition) is 5. The average molecular weight is 330 g/mol. The lowest BCUT2D eigenvalue weighted by molar-refractivity contribution is 0.0713. The summed E-state index contributed by atoms with van der Waals surface area (Å²) in [5, 5.41) is 11.1. The van der Waals surface area contributed by atoms with Gasteiger partial charge in [0.15, 0.2) is 0 Å². The maximum atomic E-state index is 14.1. The van der Waals surface area contributed by atoms with Crippen LogP contribution in [0.2, 0.25) is 0 Å². The number of methoxy groups -OCH3 is 1. The van der Waals surface area contributed by atoms with Crippen LogP contribution >= 0.6 is 0 Å². The molecule has 0 radical (unpaired) electrons. The molecule has 0 atom stereocenters. The Hall–Kier alpha value is -2.70. The van der Waals surface area contributed by atoms with Crippen LogP contribution in [0.1, 0.15) is 23.2 Å². The van der Waals surface area contributed by atoms with Crippen molar-refractivity contribution in [3.8, 4) is 5.75 Å². The van der Waals surface area contributed by atoms with E-state index in [2.05, 4.69) is 15.5 Å². The number of halogens is 1. The Labute approximate surface area is 139 Å². The molecular weight excluding hydrogens is 311 g/mol. The molecule has 1 fully saturated rings. The summed E-state index contributed by atoms with van der Waals surface area (Å²) in [6.07, 6.45) is 3.18. The Morgan fingerprint density at radius 3 is 2.75 bits per heavy atom. The van der Waals surface area contributed by atoms with E-state index in [0.717, 1.165) is 18.7 Å². The van der Waals surface area contributed by atoms with Crippen molar-refractivity contribution in [1.29, 1.82) is 0 Å². The summed E-state index contributed by atoms with van der Waals surface area (Å²) in [5.74, 6) is 0.284. The second-order valence-corrected chi connectivity index (χ2v) is 5.67. The van der Waals surface area contributed by atoms with E-state index in [1.54, 1.807) is 17.2 Å². The number of rotatable bonds is 4. The van der Waals surface area contributed by atoms with E-state index in [9.17, 15) is 9.18 Å². The van der Waals surface area contributed by atoms with Gasteiger partial charge in [-0.2, -0.15) is 5.10 Å². The van der Waals surface area contributed by atoms with Crippen molar-refractivity contribution >= 4 is 11.7 Å². The minimum absolute atomic E-state index is 0.0798. The molecule has 0 aliphatic carbocycles. The zero-order valence-electron chi connectivity index (χ0n) is 13.4. The Morgan fingerprint density at radius 1 is 1.33 bits per heavy atom. The molecule has 1 saturated heterocycles. The van der Waals surface area contributed by atoms with Crippen LogP contribution in [0.5, 0.6) is 5.75 Å². The Morgan fingerprint density at radius 2 is 2.12 bits per heavy atom. The number of nitrogens with one attached hydrogen (secondary N) is 1. The van der Waals surface area contributed by atoms with Gasteiger partial charge in [0, 0.05) is 31.4 Å². The van der Waals surface area contributed by atoms with Crippen LogP contribution in [-0.4, -0.2) is 47.2 Å². The summed E-state index contributed by atoms with van der Waals surface area (Å²) in [5.41, 5.74) is 0.0798. The normalized spacial score (nSPS) is 15.2. The monoisotopic (exact) mass is 330 g/mol. The molecule has 6 nitrogen and oxygen atoms in total. The number of piperidine rings is 1. The Bertz CT molecular complexity index is 703. The van der Waals surface area contributed by atoms with Gasteiger partial charge < -0.3 is 15.0 Å². The van der Waals surface area contributed by atoms with Gasteiger partial charge in [0.05, 0.1) is 12.7 Å². The van der Waals surface area contributed by atoms with Gasteiger partial charge >= 0.3 is 0 Å². The maximum absolute atomic E-state index is 14.1. The van der Waals surface area contributed by atoms with Gasteiger partial charge in [0.25, 0.3) is 5.91 Å². The number of amides is 1. The summed E-state index contributed by atoms with van der Waals surface area (Å²) in [7, 11) is 1.46. The summed E-state index contributed by atoms with van der Waals surface area (Å²) >= 11 is 0. The van der Waals surface area contributed by atoms with E-state index in [1.165, 1.54) is 19.2 Å². The molecule has 0 spiro atoms. The van der Waals surface area contributed by atoms with Crippen molar-refractivity contribution in [2.45, 2.75) is 18.9 Å². The van der Waals surface area contributed by atoms with E-state index >= 15 is 0 Å². The summed E-state index contributed by atoms with van der Waals surface area (Å²) in [6, 6.07) is 8.21. The van der Waals surface area contributed by atoms with Crippen LogP contribution in [0, 0.1) is 5.82 Å². The minimum atomic E-state index is -0.556.